The lowest BCUT2D eigenvalue weighted by molar-refractivity contribution is -0.137. The highest BCUT2D eigenvalue weighted by atomic mass is 19.4. The largest absolute Gasteiger partial charge is 0.416 e. The summed E-state index contributed by atoms with van der Waals surface area (Å²) in [7, 11) is 1.46. The number of nitrogens with zero attached hydrogens (tertiary/aromatic N) is 2. The van der Waals surface area contributed by atoms with Crippen LogP contribution in [0.15, 0.2) is 41.5 Å². The van der Waals surface area contributed by atoms with Crippen LogP contribution in [0.5, 0.6) is 0 Å². The molecule has 0 spiro atoms. The molecule has 0 radical (unpaired) electrons. The second-order valence-corrected chi connectivity index (χ2v) is 4.25. The van der Waals surface area contributed by atoms with E-state index < -0.39 is 17.6 Å². The van der Waals surface area contributed by atoms with Gasteiger partial charge in [-0.15, -0.1) is 0 Å². The van der Waals surface area contributed by atoms with Crippen molar-refractivity contribution in [2.75, 3.05) is 5.32 Å². The molecule has 2 heterocycles. The minimum Gasteiger partial charge on any atom is -0.318 e. The summed E-state index contributed by atoms with van der Waals surface area (Å²) in [6.07, 6.45) is -2.27. The van der Waals surface area contributed by atoms with E-state index in [0.717, 1.165) is 18.3 Å². The van der Waals surface area contributed by atoms with E-state index in [9.17, 15) is 22.8 Å². The number of hydrogen-bond acceptors (Lipinski definition) is 3. The van der Waals surface area contributed by atoms with Gasteiger partial charge in [0.2, 0.25) is 5.56 Å². The summed E-state index contributed by atoms with van der Waals surface area (Å²) < 4.78 is 38.8. The molecule has 0 atom stereocenters. The molecule has 0 aliphatic rings. The van der Waals surface area contributed by atoms with Gasteiger partial charge in [0.05, 0.1) is 11.1 Å². The Morgan fingerprint density at radius 3 is 2.62 bits per heavy atom. The zero-order valence-corrected chi connectivity index (χ0v) is 10.8. The normalized spacial score (nSPS) is 11.2. The summed E-state index contributed by atoms with van der Waals surface area (Å²) in [4.78, 5) is 26.7. The van der Waals surface area contributed by atoms with Gasteiger partial charge in [0.15, 0.2) is 0 Å². The van der Waals surface area contributed by atoms with Gasteiger partial charge in [-0.2, -0.15) is 13.2 Å². The van der Waals surface area contributed by atoms with Gasteiger partial charge in [-0.3, -0.25) is 9.59 Å². The smallest absolute Gasteiger partial charge is 0.318 e. The van der Waals surface area contributed by atoms with E-state index in [2.05, 4.69) is 10.3 Å². The third kappa shape index (κ3) is 3.47. The summed E-state index contributed by atoms with van der Waals surface area (Å²) in [5, 5.41) is 2.25. The molecule has 2 aromatic heterocycles. The van der Waals surface area contributed by atoms with Crippen LogP contribution in [0.3, 0.4) is 0 Å². The average Bonchev–Trinajstić information content (AvgIpc) is 2.41. The van der Waals surface area contributed by atoms with Gasteiger partial charge in [0.1, 0.15) is 5.82 Å². The maximum absolute atomic E-state index is 12.5. The molecule has 0 aliphatic heterocycles. The summed E-state index contributed by atoms with van der Waals surface area (Å²) in [5.74, 6) is -0.874. The highest BCUT2D eigenvalue weighted by molar-refractivity contribution is 6.03. The first kappa shape index (κ1) is 14.8. The fourth-order valence-electron chi connectivity index (χ4n) is 1.59. The number of pyridine rings is 2. The molecule has 0 aromatic carbocycles. The number of halogens is 3. The Kier molecular flexibility index (Phi) is 3.79. The number of aryl methyl sites for hydroxylation is 1. The Labute approximate surface area is 117 Å². The molecular formula is C13H10F3N3O2. The Morgan fingerprint density at radius 1 is 1.29 bits per heavy atom. The summed E-state index contributed by atoms with van der Waals surface area (Å²) in [6, 6.07) is 4.02. The Bertz CT molecular complexity index is 738. The van der Waals surface area contributed by atoms with Crippen molar-refractivity contribution in [1.82, 2.24) is 9.55 Å². The Balaban J connectivity index is 2.23. The van der Waals surface area contributed by atoms with E-state index in [1.165, 1.54) is 29.9 Å². The number of anilines is 1. The molecule has 110 valence electrons. The Hall–Kier alpha value is -2.64. The van der Waals surface area contributed by atoms with Gasteiger partial charge in [0.25, 0.3) is 5.91 Å². The van der Waals surface area contributed by atoms with E-state index >= 15 is 0 Å². The lowest BCUT2D eigenvalue weighted by atomic mass is 10.2. The molecule has 0 saturated heterocycles. The van der Waals surface area contributed by atoms with Crippen LogP contribution in [0.2, 0.25) is 0 Å². The quantitative estimate of drug-likeness (QED) is 0.922. The molecule has 0 saturated carbocycles. The zero-order valence-electron chi connectivity index (χ0n) is 10.8. The monoisotopic (exact) mass is 297 g/mol. The van der Waals surface area contributed by atoms with Gasteiger partial charge in [-0.25, -0.2) is 4.98 Å². The average molecular weight is 297 g/mol. The molecule has 2 rings (SSSR count). The molecular weight excluding hydrogens is 287 g/mol. The van der Waals surface area contributed by atoms with Crippen molar-refractivity contribution in [3.63, 3.8) is 0 Å². The maximum atomic E-state index is 12.5. The highest BCUT2D eigenvalue weighted by Crippen LogP contribution is 2.29. The molecule has 21 heavy (non-hydrogen) atoms. The molecule has 5 nitrogen and oxygen atoms in total. The van der Waals surface area contributed by atoms with Crippen LogP contribution >= 0.6 is 0 Å². The van der Waals surface area contributed by atoms with Crippen LogP contribution in [0.25, 0.3) is 0 Å². The van der Waals surface area contributed by atoms with Gasteiger partial charge >= 0.3 is 6.18 Å². The lowest BCUT2D eigenvalue weighted by Gasteiger charge is -2.09. The number of rotatable bonds is 2. The first-order valence-corrected chi connectivity index (χ1v) is 5.78. The van der Waals surface area contributed by atoms with E-state index in [1.54, 1.807) is 0 Å². The van der Waals surface area contributed by atoms with Crippen LogP contribution in [0, 0.1) is 0 Å². The van der Waals surface area contributed by atoms with Crippen molar-refractivity contribution in [1.29, 1.82) is 0 Å². The first-order chi connectivity index (χ1) is 9.77. The van der Waals surface area contributed by atoms with E-state index in [4.69, 9.17) is 0 Å². The Morgan fingerprint density at radius 2 is 2.00 bits per heavy atom. The standard InChI is InChI=1S/C13H10F3N3O2/c1-19-7-8(2-3-11(19)20)12(21)18-10-6-9(4-5-17-10)13(14,15)16/h2-7H,1H3,(H,17,18,21). The topological polar surface area (TPSA) is 64.0 Å². The minimum atomic E-state index is -4.51. The first-order valence-electron chi connectivity index (χ1n) is 5.78. The van der Waals surface area contributed by atoms with Crippen molar-refractivity contribution < 1.29 is 18.0 Å². The summed E-state index contributed by atoms with van der Waals surface area (Å²) >= 11 is 0. The SMILES string of the molecule is Cn1cc(C(=O)Nc2cc(C(F)(F)F)ccn2)ccc1=O. The second kappa shape index (κ2) is 5.39. The third-order valence-electron chi connectivity index (χ3n) is 2.68. The van der Waals surface area contributed by atoms with Gasteiger partial charge in [-0.05, 0) is 18.2 Å². The minimum absolute atomic E-state index is 0.135. The van der Waals surface area contributed by atoms with Gasteiger partial charge in [-0.1, -0.05) is 0 Å². The van der Waals surface area contributed by atoms with Crippen LogP contribution in [-0.2, 0) is 13.2 Å². The molecule has 1 N–H and O–H groups in total. The molecule has 8 heteroatoms. The summed E-state index contributed by atoms with van der Waals surface area (Å²) in [6.45, 7) is 0. The number of carbonyl (C=O) groups excluding carboxylic acids is 1. The van der Waals surface area contributed by atoms with Gasteiger partial charge in [0, 0.05) is 25.5 Å². The van der Waals surface area contributed by atoms with E-state index in [1.807, 2.05) is 0 Å². The molecule has 1 amide bonds. The van der Waals surface area contributed by atoms with Crippen LogP contribution in [-0.4, -0.2) is 15.5 Å². The predicted molar refractivity (Wildman–Crippen MR) is 68.9 cm³/mol. The highest BCUT2D eigenvalue weighted by Gasteiger charge is 2.30. The maximum Gasteiger partial charge on any atom is 0.416 e. The van der Waals surface area contributed by atoms with Crippen molar-refractivity contribution in [3.05, 3.63) is 58.1 Å². The summed E-state index contributed by atoms with van der Waals surface area (Å²) in [5.41, 5.74) is -1.08. The fraction of sp³-hybridized carbons (Fsp3) is 0.154. The van der Waals surface area contributed by atoms with Gasteiger partial charge < -0.3 is 9.88 Å². The van der Waals surface area contributed by atoms with E-state index in [0.29, 0.717) is 0 Å². The molecule has 2 aromatic rings. The third-order valence-corrected chi connectivity index (χ3v) is 2.68. The lowest BCUT2D eigenvalue weighted by Crippen LogP contribution is -2.20. The second-order valence-electron chi connectivity index (χ2n) is 4.25. The molecule has 0 bridgehead atoms. The van der Waals surface area contributed by atoms with Crippen molar-refractivity contribution in [2.24, 2.45) is 7.05 Å². The number of carbonyl (C=O) groups is 1. The zero-order chi connectivity index (χ0) is 15.6. The number of amides is 1. The van der Waals surface area contributed by atoms with Crippen molar-refractivity contribution >= 4 is 11.7 Å². The molecule has 0 aliphatic carbocycles. The van der Waals surface area contributed by atoms with Crippen LogP contribution < -0.4 is 10.9 Å². The number of nitrogens with one attached hydrogen (secondary N) is 1. The number of alkyl halides is 3. The van der Waals surface area contributed by atoms with Crippen molar-refractivity contribution in [3.8, 4) is 0 Å². The number of aromatic nitrogens is 2. The molecule has 0 unspecified atom stereocenters. The van der Waals surface area contributed by atoms with Crippen LogP contribution in [0.4, 0.5) is 19.0 Å². The number of hydrogen-bond donors (Lipinski definition) is 1. The molecule has 0 fully saturated rings. The van der Waals surface area contributed by atoms with E-state index in [-0.39, 0.29) is 16.9 Å². The van der Waals surface area contributed by atoms with Crippen molar-refractivity contribution in [2.45, 2.75) is 6.18 Å². The van der Waals surface area contributed by atoms with Crippen LogP contribution in [0.1, 0.15) is 15.9 Å². The fourth-order valence-corrected chi connectivity index (χ4v) is 1.59. The predicted octanol–water partition coefficient (Wildman–Crippen LogP) is 2.05.